The van der Waals surface area contributed by atoms with Crippen molar-refractivity contribution in [3.63, 3.8) is 0 Å². The SMILES string of the molecule is CC(O)COC(=O)C1CC2OC1C(CCC1C3CC(C(=O)OC(C)(C)C)C(C3)C1C1C3CC(C(=O)O)C(C3)C1CC1C(=O)OC(=O)C1C)C2C. The summed E-state index contributed by atoms with van der Waals surface area (Å²) in [4.78, 5) is 64.5. The summed E-state index contributed by atoms with van der Waals surface area (Å²) in [6.07, 6.45) is 5.04. The molecule has 11 heteroatoms. The molecule has 3 aliphatic heterocycles. The average Bonchev–Trinajstić information content (AvgIpc) is 3.89. The van der Waals surface area contributed by atoms with Crippen LogP contribution in [0.3, 0.4) is 0 Å². The van der Waals surface area contributed by atoms with Gasteiger partial charge in [-0.15, -0.1) is 0 Å². The molecule has 3 saturated heterocycles. The van der Waals surface area contributed by atoms with Crippen LogP contribution in [-0.4, -0.2) is 70.6 Å². The average molecular weight is 701 g/mol. The van der Waals surface area contributed by atoms with E-state index in [0.717, 1.165) is 32.1 Å². The van der Waals surface area contributed by atoms with Crippen molar-refractivity contribution in [2.24, 2.45) is 88.8 Å². The molecule has 0 aromatic rings. The molecule has 18 unspecified atom stereocenters. The summed E-state index contributed by atoms with van der Waals surface area (Å²) in [5.74, 6) is -2.81. The van der Waals surface area contributed by atoms with Gasteiger partial charge in [0.2, 0.25) is 0 Å². The highest BCUT2D eigenvalue weighted by Gasteiger charge is 2.65. The molecule has 0 radical (unpaired) electrons. The summed E-state index contributed by atoms with van der Waals surface area (Å²) in [5, 5.41) is 19.9. The largest absolute Gasteiger partial charge is 0.481 e. The molecular weight excluding hydrogens is 644 g/mol. The van der Waals surface area contributed by atoms with E-state index in [1.165, 1.54) is 0 Å². The number of fused-ring (bicyclic) bond motifs is 6. The Morgan fingerprint density at radius 3 is 2.14 bits per heavy atom. The lowest BCUT2D eigenvalue weighted by Crippen LogP contribution is -2.45. The second-order valence-corrected chi connectivity index (χ2v) is 18.3. The maximum absolute atomic E-state index is 13.7. The van der Waals surface area contributed by atoms with E-state index in [4.69, 9.17) is 18.9 Å². The van der Waals surface area contributed by atoms with E-state index in [-0.39, 0.29) is 84.0 Å². The zero-order chi connectivity index (χ0) is 36.0. The molecule has 6 bridgehead atoms. The standard InChI is InChI=1S/C39H56O11/c1-16(40)15-47-36(44)29-14-30-17(2)21(33(29)48-30)7-8-22-19-9-25(28(10-19)38(46)50-39(4,5)6)32(22)31-20-11-24(27(12-20)34(41)42)26(31)13-23-18(3)35(43)49-37(23)45/h16-33,40H,7-15H2,1-6H3,(H,41,42). The Balaban J connectivity index is 1.15. The zero-order valence-electron chi connectivity index (χ0n) is 30.3. The molecule has 7 fully saturated rings. The van der Waals surface area contributed by atoms with Crippen molar-refractivity contribution in [3.05, 3.63) is 0 Å². The van der Waals surface area contributed by atoms with Crippen LogP contribution in [-0.2, 0) is 42.9 Å². The first-order valence-electron chi connectivity index (χ1n) is 19.2. The predicted octanol–water partition coefficient (Wildman–Crippen LogP) is 4.66. The first-order valence-corrected chi connectivity index (χ1v) is 19.2. The fraction of sp³-hybridized carbons (Fsp3) is 0.872. The van der Waals surface area contributed by atoms with Gasteiger partial charge < -0.3 is 29.2 Å². The molecule has 0 spiro atoms. The van der Waals surface area contributed by atoms with Crippen LogP contribution in [0.25, 0.3) is 0 Å². The topological polar surface area (TPSA) is 163 Å². The summed E-state index contributed by atoms with van der Waals surface area (Å²) >= 11 is 0. The fourth-order valence-electron chi connectivity index (χ4n) is 12.5. The van der Waals surface area contributed by atoms with Gasteiger partial charge in [-0.1, -0.05) is 13.8 Å². The molecule has 0 amide bonds. The quantitative estimate of drug-likeness (QED) is 0.175. The fourth-order valence-corrected chi connectivity index (χ4v) is 12.5. The molecule has 2 N–H and O–H groups in total. The normalized spacial score (nSPS) is 46.4. The molecule has 3 heterocycles. The smallest absolute Gasteiger partial charge is 0.317 e. The third-order valence-electron chi connectivity index (χ3n) is 14.5. The van der Waals surface area contributed by atoms with Crippen LogP contribution in [0.4, 0.5) is 0 Å². The van der Waals surface area contributed by atoms with E-state index in [1.54, 1.807) is 13.8 Å². The first kappa shape index (κ1) is 35.9. The number of hydrogen-bond acceptors (Lipinski definition) is 10. The van der Waals surface area contributed by atoms with Gasteiger partial charge in [-0.25, -0.2) is 0 Å². The Kier molecular flexibility index (Phi) is 9.43. The number of ether oxygens (including phenoxy) is 4. The van der Waals surface area contributed by atoms with E-state index in [1.807, 2.05) is 20.8 Å². The Bertz CT molecular complexity index is 1380. The maximum Gasteiger partial charge on any atom is 0.317 e. The van der Waals surface area contributed by atoms with Crippen molar-refractivity contribution in [3.8, 4) is 0 Å². The van der Waals surface area contributed by atoms with Crippen molar-refractivity contribution in [1.29, 1.82) is 0 Å². The minimum absolute atomic E-state index is 0.000224. The van der Waals surface area contributed by atoms with Crippen molar-refractivity contribution in [2.75, 3.05) is 6.61 Å². The lowest BCUT2D eigenvalue weighted by molar-refractivity contribution is -0.164. The minimum Gasteiger partial charge on any atom is -0.481 e. The number of esters is 4. The maximum atomic E-state index is 13.7. The van der Waals surface area contributed by atoms with E-state index in [2.05, 4.69) is 6.92 Å². The lowest BCUT2D eigenvalue weighted by atomic mass is 9.58. The highest BCUT2D eigenvalue weighted by Crippen LogP contribution is 2.68. The molecule has 4 saturated carbocycles. The van der Waals surface area contributed by atoms with Crippen LogP contribution >= 0.6 is 0 Å². The zero-order valence-corrected chi connectivity index (χ0v) is 30.3. The van der Waals surface area contributed by atoms with Crippen LogP contribution in [0, 0.1) is 88.8 Å². The number of hydrogen-bond donors (Lipinski definition) is 2. The Morgan fingerprint density at radius 2 is 1.52 bits per heavy atom. The highest BCUT2D eigenvalue weighted by molar-refractivity contribution is 5.96. The van der Waals surface area contributed by atoms with Crippen molar-refractivity contribution < 1.29 is 53.1 Å². The van der Waals surface area contributed by atoms with Gasteiger partial charge in [0, 0.05) is 0 Å². The number of rotatable bonds is 11. The van der Waals surface area contributed by atoms with E-state index in [0.29, 0.717) is 37.0 Å². The summed E-state index contributed by atoms with van der Waals surface area (Å²) < 4.78 is 22.8. The Labute approximate surface area is 294 Å². The molecule has 7 rings (SSSR count). The number of aliphatic carboxylic acids is 1. The first-order chi connectivity index (χ1) is 23.5. The van der Waals surface area contributed by atoms with Gasteiger partial charge in [0.25, 0.3) is 0 Å². The van der Waals surface area contributed by atoms with E-state index < -0.39 is 47.4 Å². The summed E-state index contributed by atoms with van der Waals surface area (Å²) in [6, 6.07) is 0. The van der Waals surface area contributed by atoms with Gasteiger partial charge in [-0.2, -0.15) is 0 Å². The van der Waals surface area contributed by atoms with Crippen LogP contribution in [0.2, 0.25) is 0 Å². The van der Waals surface area contributed by atoms with Gasteiger partial charge in [0.1, 0.15) is 12.2 Å². The third kappa shape index (κ3) is 6.20. The van der Waals surface area contributed by atoms with Gasteiger partial charge in [-0.3, -0.25) is 24.0 Å². The molecule has 18 atom stereocenters. The highest BCUT2D eigenvalue weighted by atomic mass is 16.6. The lowest BCUT2D eigenvalue weighted by Gasteiger charge is -2.46. The van der Waals surface area contributed by atoms with Gasteiger partial charge in [0.15, 0.2) is 0 Å². The predicted molar refractivity (Wildman–Crippen MR) is 177 cm³/mol. The molecular formula is C39H56O11. The van der Waals surface area contributed by atoms with Crippen LogP contribution in [0.1, 0.15) is 92.9 Å². The molecule has 0 aromatic heterocycles. The minimum atomic E-state index is -0.790. The number of carbonyl (C=O) groups excluding carboxylic acids is 4. The van der Waals surface area contributed by atoms with Crippen LogP contribution < -0.4 is 0 Å². The molecule has 4 aliphatic carbocycles. The Morgan fingerprint density at radius 1 is 0.840 bits per heavy atom. The molecule has 0 aromatic carbocycles. The second kappa shape index (κ2) is 13.2. The molecule has 278 valence electrons. The van der Waals surface area contributed by atoms with Gasteiger partial charge in [0.05, 0.1) is 47.9 Å². The van der Waals surface area contributed by atoms with Gasteiger partial charge >= 0.3 is 29.8 Å². The summed E-state index contributed by atoms with van der Waals surface area (Å²) in [5.41, 5.74) is -0.603. The molecule has 50 heavy (non-hydrogen) atoms. The van der Waals surface area contributed by atoms with Crippen LogP contribution in [0.15, 0.2) is 0 Å². The molecule has 7 aliphatic rings. The van der Waals surface area contributed by atoms with Crippen LogP contribution in [0.5, 0.6) is 0 Å². The number of cyclic esters (lactones) is 2. The van der Waals surface area contributed by atoms with E-state index in [9.17, 15) is 34.2 Å². The number of aliphatic hydroxyl groups excluding tert-OH is 1. The second-order valence-electron chi connectivity index (χ2n) is 18.3. The monoisotopic (exact) mass is 700 g/mol. The van der Waals surface area contributed by atoms with Crippen molar-refractivity contribution in [1.82, 2.24) is 0 Å². The number of carboxylic acids is 1. The van der Waals surface area contributed by atoms with Crippen molar-refractivity contribution in [2.45, 2.75) is 117 Å². The summed E-state index contributed by atoms with van der Waals surface area (Å²) in [6.45, 7) is 11.2. The van der Waals surface area contributed by atoms with Crippen molar-refractivity contribution >= 4 is 29.8 Å². The number of carbonyl (C=O) groups is 5. The van der Waals surface area contributed by atoms with E-state index >= 15 is 0 Å². The number of aliphatic hydroxyl groups is 1. The third-order valence-corrected chi connectivity index (χ3v) is 14.5. The summed E-state index contributed by atoms with van der Waals surface area (Å²) in [7, 11) is 0. The number of carboxylic acid groups (broad SMARTS) is 1. The molecule has 11 nitrogen and oxygen atoms in total. The van der Waals surface area contributed by atoms with Gasteiger partial charge in [-0.05, 0) is 138 Å². The Hall–Kier alpha value is -2.53.